The summed E-state index contributed by atoms with van der Waals surface area (Å²) in [4.78, 5) is 25.2. The molecule has 1 saturated carbocycles. The maximum absolute atomic E-state index is 13.1. The Labute approximate surface area is 195 Å². The lowest BCUT2D eigenvalue weighted by molar-refractivity contribution is -0.130. The fourth-order valence-electron chi connectivity index (χ4n) is 4.30. The lowest BCUT2D eigenvalue weighted by Gasteiger charge is -2.34. The summed E-state index contributed by atoms with van der Waals surface area (Å²) in [5, 5.41) is 12.3. The van der Waals surface area contributed by atoms with Crippen molar-refractivity contribution < 1.29 is 27.5 Å². The van der Waals surface area contributed by atoms with Crippen molar-refractivity contribution in [2.75, 3.05) is 13.1 Å². The van der Waals surface area contributed by atoms with Gasteiger partial charge in [-0.15, -0.1) is 0 Å². The highest BCUT2D eigenvalue weighted by Crippen LogP contribution is 2.28. The number of carbonyl (C=O) groups excluding carboxylic acids is 2. The summed E-state index contributed by atoms with van der Waals surface area (Å²) >= 11 is 0. The number of carbonyl (C=O) groups is 2. The zero-order valence-corrected chi connectivity index (χ0v) is 20.1. The van der Waals surface area contributed by atoms with Crippen molar-refractivity contribution in [3.8, 4) is 6.07 Å². The fourth-order valence-corrected chi connectivity index (χ4v) is 5.94. The summed E-state index contributed by atoms with van der Waals surface area (Å²) in [6.07, 6.45) is 2.24. The molecule has 1 aromatic rings. The molecular formula is C23H31N3O6S. The van der Waals surface area contributed by atoms with Crippen molar-refractivity contribution in [2.24, 2.45) is 0 Å². The Morgan fingerprint density at radius 2 is 1.85 bits per heavy atom. The molecule has 9 nitrogen and oxygen atoms in total. The minimum atomic E-state index is -3.83. The molecule has 1 aliphatic carbocycles. The molecule has 1 N–H and O–H groups in total. The minimum Gasteiger partial charge on any atom is -0.449 e. The summed E-state index contributed by atoms with van der Waals surface area (Å²) in [5.74, 6) is -1.36. The standard InChI is InChI=1S/C23H31N3O6S/c1-16-13-26(14-17(2)31-16)33(29,30)20-9-7-8-19(12-20)22(28)32-18(3)21(27)25-23(15-24)10-5-4-6-11-23/h7-9,12,16-18H,4-6,10-11,13-14H2,1-3H3,(H,25,27). The second kappa shape index (κ2) is 10.2. The Kier molecular flexibility index (Phi) is 7.77. The van der Waals surface area contributed by atoms with Gasteiger partial charge in [0.15, 0.2) is 6.10 Å². The van der Waals surface area contributed by atoms with Gasteiger partial charge in [-0.05, 0) is 51.8 Å². The molecule has 1 aromatic carbocycles. The van der Waals surface area contributed by atoms with Gasteiger partial charge in [-0.1, -0.05) is 25.3 Å². The van der Waals surface area contributed by atoms with E-state index in [0.717, 1.165) is 19.3 Å². The van der Waals surface area contributed by atoms with Gasteiger partial charge >= 0.3 is 5.97 Å². The largest absolute Gasteiger partial charge is 0.449 e. The third-order valence-electron chi connectivity index (χ3n) is 6.03. The summed E-state index contributed by atoms with van der Waals surface area (Å²) in [6.45, 7) is 5.49. The lowest BCUT2D eigenvalue weighted by Crippen LogP contribution is -2.52. The van der Waals surface area contributed by atoms with Crippen LogP contribution in [0.15, 0.2) is 29.2 Å². The van der Waals surface area contributed by atoms with Crippen molar-refractivity contribution in [3.63, 3.8) is 0 Å². The number of benzene rings is 1. The molecule has 3 atom stereocenters. The van der Waals surface area contributed by atoms with E-state index in [9.17, 15) is 23.3 Å². The van der Waals surface area contributed by atoms with Crippen molar-refractivity contribution in [1.82, 2.24) is 9.62 Å². The average Bonchev–Trinajstić information content (AvgIpc) is 2.79. The SMILES string of the molecule is CC1CN(S(=O)(=O)c2cccc(C(=O)OC(C)C(=O)NC3(C#N)CCCCC3)c2)CC(C)O1. The van der Waals surface area contributed by atoms with E-state index < -0.39 is 33.5 Å². The van der Waals surface area contributed by atoms with Gasteiger partial charge in [-0.3, -0.25) is 4.79 Å². The van der Waals surface area contributed by atoms with Crippen LogP contribution >= 0.6 is 0 Å². The van der Waals surface area contributed by atoms with E-state index in [1.165, 1.54) is 35.5 Å². The number of hydrogen-bond donors (Lipinski definition) is 1. The van der Waals surface area contributed by atoms with Crippen LogP contribution in [0, 0.1) is 11.3 Å². The van der Waals surface area contributed by atoms with Gasteiger partial charge < -0.3 is 14.8 Å². The van der Waals surface area contributed by atoms with E-state index >= 15 is 0 Å². The highest BCUT2D eigenvalue weighted by molar-refractivity contribution is 7.89. The summed E-state index contributed by atoms with van der Waals surface area (Å²) in [5.41, 5.74) is -0.908. The van der Waals surface area contributed by atoms with Crippen LogP contribution in [0.1, 0.15) is 63.2 Å². The van der Waals surface area contributed by atoms with E-state index in [0.29, 0.717) is 12.8 Å². The van der Waals surface area contributed by atoms with E-state index in [1.807, 2.05) is 13.8 Å². The molecule has 1 aliphatic heterocycles. The Morgan fingerprint density at radius 3 is 2.45 bits per heavy atom. The first-order chi connectivity index (χ1) is 15.6. The zero-order valence-electron chi connectivity index (χ0n) is 19.2. The smallest absolute Gasteiger partial charge is 0.338 e. The maximum Gasteiger partial charge on any atom is 0.338 e. The molecule has 0 spiro atoms. The summed E-state index contributed by atoms with van der Waals surface area (Å²) in [6, 6.07) is 7.78. The molecule has 2 aliphatic rings. The zero-order chi connectivity index (χ0) is 24.2. The molecule has 1 heterocycles. The second-order valence-corrected chi connectivity index (χ2v) is 10.8. The van der Waals surface area contributed by atoms with Gasteiger partial charge in [-0.2, -0.15) is 9.57 Å². The first-order valence-electron chi connectivity index (χ1n) is 11.3. The van der Waals surface area contributed by atoms with Crippen LogP contribution in [0.2, 0.25) is 0 Å². The van der Waals surface area contributed by atoms with Gasteiger partial charge in [0.05, 0.1) is 28.7 Å². The number of hydrogen-bond acceptors (Lipinski definition) is 7. The molecular weight excluding hydrogens is 446 g/mol. The van der Waals surface area contributed by atoms with Crippen LogP contribution < -0.4 is 5.32 Å². The quantitative estimate of drug-likeness (QED) is 0.623. The Balaban J connectivity index is 1.69. The maximum atomic E-state index is 13.1. The molecule has 180 valence electrons. The van der Waals surface area contributed by atoms with E-state index in [2.05, 4.69) is 11.4 Å². The molecule has 0 aromatic heterocycles. The topological polar surface area (TPSA) is 126 Å². The van der Waals surface area contributed by atoms with Crippen LogP contribution in [-0.4, -0.2) is 61.5 Å². The van der Waals surface area contributed by atoms with E-state index in [4.69, 9.17) is 9.47 Å². The summed E-state index contributed by atoms with van der Waals surface area (Å²) < 4.78 is 38.4. The summed E-state index contributed by atoms with van der Waals surface area (Å²) in [7, 11) is -3.83. The minimum absolute atomic E-state index is 0.0257. The number of sulfonamides is 1. The molecule has 0 radical (unpaired) electrons. The highest BCUT2D eigenvalue weighted by Gasteiger charge is 2.36. The first kappa shape index (κ1) is 25.1. The highest BCUT2D eigenvalue weighted by atomic mass is 32.2. The second-order valence-electron chi connectivity index (χ2n) is 8.90. The van der Waals surface area contributed by atoms with Gasteiger partial charge in [0, 0.05) is 13.1 Å². The van der Waals surface area contributed by atoms with Crippen LogP contribution in [0.4, 0.5) is 0 Å². The molecule has 3 rings (SSSR count). The normalized spacial score (nSPS) is 24.3. The molecule has 10 heteroatoms. The predicted molar refractivity (Wildman–Crippen MR) is 120 cm³/mol. The third kappa shape index (κ3) is 5.91. The molecule has 0 bridgehead atoms. The first-order valence-corrected chi connectivity index (χ1v) is 12.7. The van der Waals surface area contributed by atoms with Crippen molar-refractivity contribution in [1.29, 1.82) is 5.26 Å². The molecule has 33 heavy (non-hydrogen) atoms. The van der Waals surface area contributed by atoms with Crippen molar-refractivity contribution >= 4 is 21.9 Å². The van der Waals surface area contributed by atoms with Crippen molar-refractivity contribution in [2.45, 2.75) is 81.6 Å². The number of nitrogens with one attached hydrogen (secondary N) is 1. The average molecular weight is 478 g/mol. The Morgan fingerprint density at radius 1 is 1.21 bits per heavy atom. The van der Waals surface area contributed by atoms with E-state index in [1.54, 1.807) is 0 Å². The molecule has 3 unspecified atom stereocenters. The van der Waals surface area contributed by atoms with Gasteiger partial charge in [-0.25, -0.2) is 13.2 Å². The van der Waals surface area contributed by atoms with Crippen LogP contribution in [0.3, 0.4) is 0 Å². The Bertz CT molecular complexity index is 1020. The molecule has 1 saturated heterocycles. The van der Waals surface area contributed by atoms with Crippen molar-refractivity contribution in [3.05, 3.63) is 29.8 Å². The molecule has 1 amide bonds. The van der Waals surface area contributed by atoms with Gasteiger partial charge in [0.2, 0.25) is 10.0 Å². The number of morpholine rings is 1. The molecule has 2 fully saturated rings. The van der Waals surface area contributed by atoms with Crippen LogP contribution in [0.5, 0.6) is 0 Å². The number of ether oxygens (including phenoxy) is 2. The van der Waals surface area contributed by atoms with Crippen LogP contribution in [0.25, 0.3) is 0 Å². The number of rotatable bonds is 6. The van der Waals surface area contributed by atoms with Crippen LogP contribution in [-0.2, 0) is 24.3 Å². The Hall–Kier alpha value is -2.48. The third-order valence-corrected chi connectivity index (χ3v) is 7.86. The van der Waals surface area contributed by atoms with Gasteiger partial charge in [0.25, 0.3) is 5.91 Å². The number of nitriles is 1. The van der Waals surface area contributed by atoms with Gasteiger partial charge in [0.1, 0.15) is 5.54 Å². The lowest BCUT2D eigenvalue weighted by atomic mass is 9.83. The number of nitrogens with zero attached hydrogens (tertiary/aromatic N) is 2. The predicted octanol–water partition coefficient (Wildman–Crippen LogP) is 2.37. The fraction of sp³-hybridized carbons (Fsp3) is 0.609. The van der Waals surface area contributed by atoms with E-state index in [-0.39, 0.29) is 35.8 Å². The number of esters is 1. The number of amides is 1. The monoisotopic (exact) mass is 477 g/mol.